The standard InChI is InChI=1S/C16H12O3/c17-11-4-12-19-16(18)15-9-7-14(8-10-15)13-5-2-1-3-6-13/h1-2,5,7,9,17H,4,11-12H2. The predicted molar refractivity (Wildman–Crippen MR) is 69.2 cm³/mol. The number of hydrogen-bond acceptors (Lipinski definition) is 3. The fraction of sp³-hybridized carbons (Fsp3) is 0.188. The van der Waals surface area contributed by atoms with Crippen LogP contribution in [-0.4, -0.2) is 24.3 Å². The Kier molecular flexibility index (Phi) is 4.39. The van der Waals surface area contributed by atoms with Crippen LogP contribution in [0.3, 0.4) is 0 Å². The van der Waals surface area contributed by atoms with Crippen LogP contribution in [0.15, 0.2) is 30.3 Å². The molecule has 0 unspecified atom stereocenters. The van der Waals surface area contributed by atoms with Crippen LogP contribution in [0.5, 0.6) is 0 Å². The smallest absolute Gasteiger partial charge is 0.346 e. The van der Waals surface area contributed by atoms with E-state index in [2.05, 4.69) is 24.3 Å². The van der Waals surface area contributed by atoms with E-state index in [1.54, 1.807) is 18.2 Å². The van der Waals surface area contributed by atoms with E-state index < -0.39 is 5.97 Å². The van der Waals surface area contributed by atoms with E-state index in [1.165, 1.54) is 0 Å². The number of carbonyl (C=O) groups excluding carboxylic acids is 1. The molecule has 0 aliphatic rings. The summed E-state index contributed by atoms with van der Waals surface area (Å²) in [5.41, 5.74) is 1.96. The van der Waals surface area contributed by atoms with Crippen LogP contribution in [0.1, 0.15) is 16.8 Å². The molecule has 3 nitrogen and oxygen atoms in total. The quantitative estimate of drug-likeness (QED) is 0.654. The molecule has 19 heavy (non-hydrogen) atoms. The average Bonchev–Trinajstić information content (AvgIpc) is 2.48. The molecule has 0 spiro atoms. The van der Waals surface area contributed by atoms with Gasteiger partial charge >= 0.3 is 5.97 Å². The Morgan fingerprint density at radius 1 is 1.16 bits per heavy atom. The van der Waals surface area contributed by atoms with E-state index in [1.807, 2.05) is 12.1 Å². The highest BCUT2D eigenvalue weighted by atomic mass is 16.5. The molecule has 1 N–H and O–H groups in total. The molecule has 0 aliphatic carbocycles. The van der Waals surface area contributed by atoms with Crippen molar-refractivity contribution in [3.8, 4) is 11.1 Å². The number of ether oxygens (including phenoxy) is 1. The van der Waals surface area contributed by atoms with Gasteiger partial charge in [-0.3, -0.25) is 0 Å². The van der Waals surface area contributed by atoms with Crippen molar-refractivity contribution in [2.24, 2.45) is 0 Å². The van der Waals surface area contributed by atoms with Crippen molar-refractivity contribution in [1.82, 2.24) is 0 Å². The highest BCUT2D eigenvalue weighted by molar-refractivity contribution is 5.89. The molecule has 0 saturated heterocycles. The Morgan fingerprint density at radius 3 is 2.63 bits per heavy atom. The fourth-order valence-electron chi connectivity index (χ4n) is 1.48. The van der Waals surface area contributed by atoms with Gasteiger partial charge in [0, 0.05) is 24.2 Å². The minimum absolute atomic E-state index is 0.00238. The van der Waals surface area contributed by atoms with Crippen molar-refractivity contribution < 1.29 is 14.6 Å². The second-order valence-electron chi connectivity index (χ2n) is 3.83. The first kappa shape index (κ1) is 13.0. The molecular formula is C16H12O3. The molecule has 2 aromatic rings. The molecule has 0 aromatic heterocycles. The summed E-state index contributed by atoms with van der Waals surface area (Å²) in [7, 11) is 0. The molecule has 0 fully saturated rings. The van der Waals surface area contributed by atoms with Gasteiger partial charge in [-0.15, -0.1) is 0 Å². The van der Waals surface area contributed by atoms with E-state index in [0.717, 1.165) is 11.1 Å². The second kappa shape index (κ2) is 6.44. The molecule has 0 amide bonds. The van der Waals surface area contributed by atoms with Crippen molar-refractivity contribution in [2.45, 2.75) is 6.42 Å². The first-order valence-corrected chi connectivity index (χ1v) is 5.92. The minimum atomic E-state index is -0.458. The number of aliphatic hydroxyl groups excluding tert-OH is 1. The number of rotatable bonds is 5. The highest BCUT2D eigenvalue weighted by Gasteiger charge is 2.06. The Labute approximate surface area is 112 Å². The molecule has 0 bridgehead atoms. The first-order chi connectivity index (χ1) is 9.31. The van der Waals surface area contributed by atoms with Crippen LogP contribution < -0.4 is 0 Å². The van der Waals surface area contributed by atoms with Crippen molar-refractivity contribution >= 4 is 5.97 Å². The van der Waals surface area contributed by atoms with Crippen LogP contribution in [-0.2, 0) is 4.74 Å². The maximum atomic E-state index is 11.6. The molecule has 0 atom stereocenters. The first-order valence-electron chi connectivity index (χ1n) is 5.92. The zero-order chi connectivity index (χ0) is 13.5. The van der Waals surface area contributed by atoms with Crippen molar-refractivity contribution in [1.29, 1.82) is 0 Å². The molecule has 0 saturated carbocycles. The zero-order valence-electron chi connectivity index (χ0n) is 10.3. The number of esters is 1. The third-order valence-corrected chi connectivity index (χ3v) is 2.44. The van der Waals surface area contributed by atoms with Crippen molar-refractivity contribution in [2.75, 3.05) is 13.2 Å². The van der Waals surface area contributed by atoms with Gasteiger partial charge in [-0.25, -0.2) is 4.79 Å². The molecule has 2 rings (SSSR count). The average molecular weight is 252 g/mol. The lowest BCUT2D eigenvalue weighted by Gasteiger charge is -2.01. The molecule has 0 heterocycles. The van der Waals surface area contributed by atoms with Crippen LogP contribution >= 0.6 is 0 Å². The molecule has 2 aromatic carbocycles. The Bertz CT molecular complexity index is 517. The summed E-state index contributed by atoms with van der Waals surface area (Å²) >= 11 is 0. The van der Waals surface area contributed by atoms with Crippen LogP contribution in [0.2, 0.25) is 0 Å². The highest BCUT2D eigenvalue weighted by Crippen LogP contribution is 2.14. The molecule has 3 heteroatoms. The maximum absolute atomic E-state index is 11.6. The summed E-state index contributed by atoms with van der Waals surface area (Å²) in [6.07, 6.45) is 0.433. The van der Waals surface area contributed by atoms with Crippen LogP contribution in [0.25, 0.3) is 11.1 Å². The van der Waals surface area contributed by atoms with Gasteiger partial charge in [-0.05, 0) is 24.3 Å². The maximum Gasteiger partial charge on any atom is 0.346 e. The van der Waals surface area contributed by atoms with Gasteiger partial charge in [-0.1, -0.05) is 30.3 Å². The number of hydrogen-bond donors (Lipinski definition) is 1. The summed E-state index contributed by atoms with van der Waals surface area (Å²) in [4.78, 5) is 11.6. The van der Waals surface area contributed by atoms with E-state index >= 15 is 0 Å². The van der Waals surface area contributed by atoms with Gasteiger partial charge < -0.3 is 9.84 Å². The van der Waals surface area contributed by atoms with Gasteiger partial charge in [0.1, 0.15) is 5.56 Å². The third-order valence-electron chi connectivity index (χ3n) is 2.44. The van der Waals surface area contributed by atoms with Gasteiger partial charge in [-0.2, -0.15) is 0 Å². The Hall–Kier alpha value is -2.49. The minimum Gasteiger partial charge on any atom is -0.462 e. The predicted octanol–water partition coefficient (Wildman–Crippen LogP) is 2.09. The van der Waals surface area contributed by atoms with Gasteiger partial charge in [0.15, 0.2) is 0 Å². The number of carbonyl (C=O) groups is 1. The normalized spacial score (nSPS) is 9.32. The lowest BCUT2D eigenvalue weighted by Crippen LogP contribution is -2.06. The monoisotopic (exact) mass is 252 g/mol. The van der Waals surface area contributed by atoms with Crippen molar-refractivity contribution in [3.05, 3.63) is 60.2 Å². The lowest BCUT2D eigenvalue weighted by molar-refractivity contribution is 0.0482. The van der Waals surface area contributed by atoms with E-state index in [-0.39, 0.29) is 13.2 Å². The Morgan fingerprint density at radius 2 is 2.00 bits per heavy atom. The second-order valence-corrected chi connectivity index (χ2v) is 3.83. The summed E-state index contributed by atoms with van der Waals surface area (Å²) in [6, 6.07) is 20.4. The third kappa shape index (κ3) is 3.48. The summed E-state index contributed by atoms with van der Waals surface area (Å²) in [6.45, 7) is 0.203. The van der Waals surface area contributed by atoms with E-state index in [0.29, 0.717) is 12.0 Å². The van der Waals surface area contributed by atoms with Gasteiger partial charge in [0.05, 0.1) is 6.61 Å². The summed E-state index contributed by atoms with van der Waals surface area (Å²) < 4.78 is 4.95. The van der Waals surface area contributed by atoms with Gasteiger partial charge in [0.25, 0.3) is 0 Å². The fourth-order valence-corrected chi connectivity index (χ4v) is 1.48. The topological polar surface area (TPSA) is 46.5 Å². The summed E-state index contributed by atoms with van der Waals surface area (Å²) in [5.74, 6) is -0.458. The van der Waals surface area contributed by atoms with Crippen LogP contribution in [0, 0.1) is 24.3 Å². The van der Waals surface area contributed by atoms with Gasteiger partial charge in [0.2, 0.25) is 0 Å². The van der Waals surface area contributed by atoms with Crippen LogP contribution in [0.4, 0.5) is 0 Å². The number of aliphatic hydroxyl groups is 1. The largest absolute Gasteiger partial charge is 0.462 e. The lowest BCUT2D eigenvalue weighted by atomic mass is 10.1. The summed E-state index contributed by atoms with van der Waals surface area (Å²) in [5, 5.41) is 8.60. The molecule has 0 aliphatic heterocycles. The molecule has 0 radical (unpaired) electrons. The zero-order valence-corrected chi connectivity index (χ0v) is 10.3. The molecule has 94 valence electrons. The SMILES string of the molecule is O=C(OCCCO)c1c#cc(-c2c#cccc2)cc1. The van der Waals surface area contributed by atoms with E-state index in [9.17, 15) is 4.79 Å². The van der Waals surface area contributed by atoms with E-state index in [4.69, 9.17) is 9.84 Å². The molecular weight excluding hydrogens is 240 g/mol. The Balaban J connectivity index is 2.04. The van der Waals surface area contributed by atoms with Crippen molar-refractivity contribution in [3.63, 3.8) is 0 Å².